The van der Waals surface area contributed by atoms with Gasteiger partial charge in [0.1, 0.15) is 0 Å². The Morgan fingerprint density at radius 1 is 0.931 bits per heavy atom. The molecule has 0 atom stereocenters. The van der Waals surface area contributed by atoms with E-state index in [4.69, 9.17) is 0 Å². The van der Waals surface area contributed by atoms with Gasteiger partial charge in [-0.25, -0.2) is 0 Å². The van der Waals surface area contributed by atoms with Crippen LogP contribution in [0, 0.1) is 0 Å². The van der Waals surface area contributed by atoms with Crippen molar-refractivity contribution in [3.63, 3.8) is 0 Å². The van der Waals surface area contributed by atoms with Crippen LogP contribution in [0.25, 0.3) is 11.1 Å². The number of hydrogen-bond acceptors (Lipinski definition) is 2. The molecule has 0 amide bonds. The number of benzene rings is 3. The lowest BCUT2D eigenvalue weighted by atomic mass is 9.98. The summed E-state index contributed by atoms with van der Waals surface area (Å²) in [5, 5.41) is 3.47. The molecule has 5 heteroatoms. The molecule has 1 aliphatic rings. The van der Waals surface area contributed by atoms with Gasteiger partial charge in [-0.2, -0.15) is 13.2 Å². The first kappa shape index (κ1) is 19.5. The average molecular weight is 396 g/mol. The van der Waals surface area contributed by atoms with Crippen LogP contribution in [-0.4, -0.2) is 18.5 Å². The molecule has 0 unspecified atom stereocenters. The maximum absolute atomic E-state index is 12.8. The highest BCUT2D eigenvalue weighted by atomic mass is 19.4. The smallest absolute Gasteiger partial charge is 0.381 e. The molecule has 0 aliphatic carbocycles. The fourth-order valence-electron chi connectivity index (χ4n) is 3.80. The van der Waals surface area contributed by atoms with E-state index in [1.807, 2.05) is 24.3 Å². The Morgan fingerprint density at radius 2 is 1.69 bits per heavy atom. The number of rotatable bonds is 4. The number of likely N-dealkylation sites (N-methyl/N-ethyl adjacent to an activating group) is 1. The Kier molecular flexibility index (Phi) is 5.33. The quantitative estimate of drug-likeness (QED) is 0.584. The molecule has 3 aromatic carbocycles. The molecule has 29 heavy (non-hydrogen) atoms. The van der Waals surface area contributed by atoms with Crippen molar-refractivity contribution >= 4 is 5.69 Å². The molecule has 0 saturated carbocycles. The van der Waals surface area contributed by atoms with Crippen molar-refractivity contribution in [2.45, 2.75) is 25.7 Å². The largest absolute Gasteiger partial charge is 0.416 e. The van der Waals surface area contributed by atoms with Crippen molar-refractivity contribution in [2.75, 3.05) is 18.9 Å². The summed E-state index contributed by atoms with van der Waals surface area (Å²) in [4.78, 5) is 2.32. The fraction of sp³-hybridized carbons (Fsp3) is 0.250. The second-order valence-corrected chi connectivity index (χ2v) is 7.56. The zero-order chi connectivity index (χ0) is 20.4. The summed E-state index contributed by atoms with van der Waals surface area (Å²) >= 11 is 0. The van der Waals surface area contributed by atoms with E-state index in [-0.39, 0.29) is 0 Å². The zero-order valence-corrected chi connectivity index (χ0v) is 16.3. The van der Waals surface area contributed by atoms with E-state index in [9.17, 15) is 13.2 Å². The SMILES string of the molecule is CN1CCc2cc(NCc3ccccc3-c3ccc(C(F)(F)F)cc3)ccc2C1. The number of alkyl halides is 3. The number of hydrogen-bond donors (Lipinski definition) is 1. The lowest BCUT2D eigenvalue weighted by Gasteiger charge is -2.25. The van der Waals surface area contributed by atoms with Crippen molar-refractivity contribution in [1.29, 1.82) is 0 Å². The van der Waals surface area contributed by atoms with Crippen molar-refractivity contribution in [2.24, 2.45) is 0 Å². The standard InChI is InChI=1S/C24H23F3N2/c1-29-13-12-18-14-22(11-8-20(18)16-29)28-15-19-4-2-3-5-23(19)17-6-9-21(10-7-17)24(25,26)27/h2-11,14,28H,12-13,15-16H2,1H3. The van der Waals surface area contributed by atoms with E-state index < -0.39 is 11.7 Å². The van der Waals surface area contributed by atoms with Gasteiger partial charge in [-0.3, -0.25) is 0 Å². The molecule has 3 aromatic rings. The maximum Gasteiger partial charge on any atom is 0.416 e. The van der Waals surface area contributed by atoms with Crippen LogP contribution in [0.15, 0.2) is 66.7 Å². The summed E-state index contributed by atoms with van der Waals surface area (Å²) in [6, 6.07) is 19.7. The van der Waals surface area contributed by atoms with Gasteiger partial charge in [0.25, 0.3) is 0 Å². The normalized spacial score (nSPS) is 14.5. The number of fused-ring (bicyclic) bond motifs is 1. The van der Waals surface area contributed by atoms with Gasteiger partial charge >= 0.3 is 6.18 Å². The number of halogens is 3. The van der Waals surface area contributed by atoms with Gasteiger partial charge in [0.15, 0.2) is 0 Å². The average Bonchev–Trinajstić information content (AvgIpc) is 2.72. The van der Waals surface area contributed by atoms with Crippen LogP contribution in [0.5, 0.6) is 0 Å². The predicted molar refractivity (Wildman–Crippen MR) is 111 cm³/mol. The van der Waals surface area contributed by atoms with Crippen LogP contribution in [0.3, 0.4) is 0 Å². The van der Waals surface area contributed by atoms with Crippen molar-refractivity contribution in [3.05, 3.63) is 89.0 Å². The highest BCUT2D eigenvalue weighted by Crippen LogP contribution is 2.32. The number of nitrogens with zero attached hydrogens (tertiary/aromatic N) is 1. The molecule has 0 bridgehead atoms. The minimum absolute atomic E-state index is 0.607. The van der Waals surface area contributed by atoms with E-state index in [0.29, 0.717) is 6.54 Å². The minimum atomic E-state index is -4.32. The molecule has 2 nitrogen and oxygen atoms in total. The van der Waals surface area contributed by atoms with Gasteiger partial charge in [-0.15, -0.1) is 0 Å². The topological polar surface area (TPSA) is 15.3 Å². The summed E-state index contributed by atoms with van der Waals surface area (Å²) in [6.07, 6.45) is -3.27. The Bertz CT molecular complexity index is 994. The zero-order valence-electron chi connectivity index (χ0n) is 16.3. The maximum atomic E-state index is 12.8. The van der Waals surface area contributed by atoms with E-state index in [1.54, 1.807) is 0 Å². The van der Waals surface area contributed by atoms with Gasteiger partial charge in [-0.05, 0) is 65.6 Å². The molecular formula is C24H23F3N2. The molecule has 0 spiro atoms. The molecule has 0 fully saturated rings. The third-order valence-electron chi connectivity index (χ3n) is 5.43. The first-order chi connectivity index (χ1) is 13.9. The van der Waals surface area contributed by atoms with Gasteiger partial charge in [0.05, 0.1) is 5.56 Å². The molecule has 4 rings (SSSR count). The van der Waals surface area contributed by atoms with Crippen LogP contribution in [0.4, 0.5) is 18.9 Å². The van der Waals surface area contributed by atoms with E-state index in [2.05, 4.69) is 35.5 Å². The lowest BCUT2D eigenvalue weighted by Crippen LogP contribution is -2.26. The summed E-state index contributed by atoms with van der Waals surface area (Å²) in [7, 11) is 2.13. The molecule has 0 radical (unpaired) electrons. The van der Waals surface area contributed by atoms with Gasteiger partial charge in [-0.1, -0.05) is 42.5 Å². The Hall–Kier alpha value is -2.79. The van der Waals surface area contributed by atoms with Crippen LogP contribution in [0.2, 0.25) is 0 Å². The summed E-state index contributed by atoms with van der Waals surface area (Å²) in [5.41, 5.74) is 5.95. The lowest BCUT2D eigenvalue weighted by molar-refractivity contribution is -0.137. The van der Waals surface area contributed by atoms with E-state index in [0.717, 1.165) is 54.0 Å². The fourth-order valence-corrected chi connectivity index (χ4v) is 3.80. The van der Waals surface area contributed by atoms with Crippen LogP contribution in [-0.2, 0) is 25.7 Å². The highest BCUT2D eigenvalue weighted by molar-refractivity contribution is 5.68. The van der Waals surface area contributed by atoms with Crippen LogP contribution >= 0.6 is 0 Å². The number of nitrogens with one attached hydrogen (secondary N) is 1. The molecule has 0 saturated heterocycles. The van der Waals surface area contributed by atoms with Crippen LogP contribution in [0.1, 0.15) is 22.3 Å². The molecule has 0 aromatic heterocycles. The highest BCUT2D eigenvalue weighted by Gasteiger charge is 2.30. The van der Waals surface area contributed by atoms with E-state index in [1.165, 1.54) is 23.3 Å². The molecule has 1 N–H and O–H groups in total. The molecule has 1 aliphatic heterocycles. The van der Waals surface area contributed by atoms with E-state index >= 15 is 0 Å². The van der Waals surface area contributed by atoms with Crippen molar-refractivity contribution in [3.8, 4) is 11.1 Å². The van der Waals surface area contributed by atoms with Gasteiger partial charge < -0.3 is 10.2 Å². The summed E-state index contributed by atoms with van der Waals surface area (Å²) in [5.74, 6) is 0. The Morgan fingerprint density at radius 3 is 2.45 bits per heavy atom. The first-order valence-corrected chi connectivity index (χ1v) is 9.70. The molecule has 150 valence electrons. The second-order valence-electron chi connectivity index (χ2n) is 7.56. The van der Waals surface area contributed by atoms with Crippen molar-refractivity contribution in [1.82, 2.24) is 4.90 Å². The number of anilines is 1. The summed E-state index contributed by atoms with van der Waals surface area (Å²) < 4.78 is 38.5. The van der Waals surface area contributed by atoms with Crippen molar-refractivity contribution < 1.29 is 13.2 Å². The monoisotopic (exact) mass is 396 g/mol. The third-order valence-corrected chi connectivity index (χ3v) is 5.43. The summed E-state index contributed by atoms with van der Waals surface area (Å²) in [6.45, 7) is 2.65. The third kappa shape index (κ3) is 4.46. The predicted octanol–water partition coefficient (Wildman–Crippen LogP) is 5.97. The van der Waals surface area contributed by atoms with Gasteiger partial charge in [0, 0.05) is 25.3 Å². The van der Waals surface area contributed by atoms with Gasteiger partial charge in [0.2, 0.25) is 0 Å². The Balaban J connectivity index is 1.52. The molecular weight excluding hydrogens is 373 g/mol. The second kappa shape index (κ2) is 7.91. The minimum Gasteiger partial charge on any atom is -0.381 e. The van der Waals surface area contributed by atoms with Crippen LogP contribution < -0.4 is 5.32 Å². The first-order valence-electron chi connectivity index (χ1n) is 9.70. The molecule has 1 heterocycles. The Labute approximate surface area is 169 Å².